The molecule has 0 aromatic heterocycles. The fraction of sp³-hybridized carbons (Fsp3) is 0.250. The van der Waals surface area contributed by atoms with Gasteiger partial charge >= 0.3 is 0 Å². The molecule has 88 valence electrons. The first-order valence-electron chi connectivity index (χ1n) is 5.84. The van der Waals surface area contributed by atoms with Gasteiger partial charge in [-0.2, -0.15) is 0 Å². The van der Waals surface area contributed by atoms with Crippen LogP contribution in [0.4, 0.5) is 0 Å². The molecule has 1 nitrogen and oxygen atoms in total. The van der Waals surface area contributed by atoms with Gasteiger partial charge in [-0.15, -0.1) is 0 Å². The summed E-state index contributed by atoms with van der Waals surface area (Å²) in [7, 11) is 1.69. The summed E-state index contributed by atoms with van der Waals surface area (Å²) in [5.41, 5.74) is 6.60. The minimum absolute atomic E-state index is 0.900. The molecule has 1 heteroatoms. The van der Waals surface area contributed by atoms with Gasteiger partial charge in [0.2, 0.25) is 0 Å². The maximum Gasteiger partial charge on any atom is 0.118 e. The monoisotopic (exact) mass is 226 g/mol. The van der Waals surface area contributed by atoms with E-state index in [0.717, 1.165) is 5.75 Å². The lowest BCUT2D eigenvalue weighted by Crippen LogP contribution is -1.91. The second kappa shape index (κ2) is 4.62. The van der Waals surface area contributed by atoms with Crippen molar-refractivity contribution in [1.29, 1.82) is 0 Å². The Morgan fingerprint density at radius 2 is 1.35 bits per heavy atom. The van der Waals surface area contributed by atoms with E-state index in [2.05, 4.69) is 45.0 Å². The Hall–Kier alpha value is -1.76. The maximum absolute atomic E-state index is 5.19. The van der Waals surface area contributed by atoms with E-state index in [4.69, 9.17) is 4.74 Å². The second-order valence-corrected chi connectivity index (χ2v) is 4.43. The highest BCUT2D eigenvalue weighted by Gasteiger charge is 2.07. The lowest BCUT2D eigenvalue weighted by Gasteiger charge is -2.13. The molecule has 2 aromatic carbocycles. The minimum Gasteiger partial charge on any atom is -0.497 e. The van der Waals surface area contributed by atoms with Crippen molar-refractivity contribution in [1.82, 2.24) is 0 Å². The number of rotatable bonds is 2. The normalized spacial score (nSPS) is 10.4. The molecule has 0 aliphatic carbocycles. The van der Waals surface area contributed by atoms with Crippen LogP contribution in [0.25, 0.3) is 11.1 Å². The lowest BCUT2D eigenvalue weighted by atomic mass is 9.93. The highest BCUT2D eigenvalue weighted by Crippen LogP contribution is 2.30. The second-order valence-electron chi connectivity index (χ2n) is 4.43. The number of hydrogen-bond donors (Lipinski definition) is 0. The van der Waals surface area contributed by atoms with Gasteiger partial charge < -0.3 is 4.74 Å². The van der Waals surface area contributed by atoms with Crippen molar-refractivity contribution < 1.29 is 4.74 Å². The molecule has 2 rings (SSSR count). The van der Waals surface area contributed by atoms with Crippen LogP contribution < -0.4 is 4.74 Å². The summed E-state index contributed by atoms with van der Waals surface area (Å²) in [5, 5.41) is 0. The molecule has 0 spiro atoms. The van der Waals surface area contributed by atoms with Crippen molar-refractivity contribution in [2.45, 2.75) is 20.8 Å². The Morgan fingerprint density at radius 3 is 1.94 bits per heavy atom. The van der Waals surface area contributed by atoms with Crippen molar-refractivity contribution in [3.63, 3.8) is 0 Å². The van der Waals surface area contributed by atoms with E-state index < -0.39 is 0 Å². The molecule has 0 amide bonds. The summed E-state index contributed by atoms with van der Waals surface area (Å²) >= 11 is 0. The Kier molecular flexibility index (Phi) is 3.19. The fourth-order valence-electron chi connectivity index (χ4n) is 2.15. The van der Waals surface area contributed by atoms with Crippen LogP contribution in [0.3, 0.4) is 0 Å². The van der Waals surface area contributed by atoms with Gasteiger partial charge in [0.1, 0.15) is 5.75 Å². The molecule has 0 radical (unpaired) electrons. The third-order valence-electron chi connectivity index (χ3n) is 3.32. The third-order valence-corrected chi connectivity index (χ3v) is 3.32. The number of methoxy groups -OCH3 is 1. The van der Waals surface area contributed by atoms with Crippen LogP contribution in [0.15, 0.2) is 36.4 Å². The van der Waals surface area contributed by atoms with Crippen molar-refractivity contribution in [2.75, 3.05) is 7.11 Å². The highest BCUT2D eigenvalue weighted by atomic mass is 16.5. The van der Waals surface area contributed by atoms with E-state index in [1.54, 1.807) is 7.11 Å². The van der Waals surface area contributed by atoms with Crippen LogP contribution in [0, 0.1) is 20.8 Å². The molecule has 0 saturated heterocycles. The van der Waals surface area contributed by atoms with E-state index in [1.807, 2.05) is 12.1 Å². The van der Waals surface area contributed by atoms with E-state index in [1.165, 1.54) is 27.8 Å². The maximum atomic E-state index is 5.19. The summed E-state index contributed by atoms with van der Waals surface area (Å²) in [6, 6.07) is 12.6. The Labute approximate surface area is 103 Å². The van der Waals surface area contributed by atoms with Gasteiger partial charge in [-0.05, 0) is 60.7 Å². The van der Waals surface area contributed by atoms with Crippen LogP contribution >= 0.6 is 0 Å². The molecule has 0 fully saturated rings. The molecule has 0 N–H and O–H groups in total. The molecule has 2 aromatic rings. The number of ether oxygens (including phenoxy) is 1. The average molecular weight is 226 g/mol. The van der Waals surface area contributed by atoms with E-state index >= 15 is 0 Å². The first kappa shape index (κ1) is 11.7. The van der Waals surface area contributed by atoms with E-state index in [0.29, 0.717) is 0 Å². The standard InChI is InChI=1S/C16H18O/c1-11-5-6-12(2)16(13(11)3)14-7-9-15(17-4)10-8-14/h5-10H,1-4H3. The van der Waals surface area contributed by atoms with Gasteiger partial charge in [-0.3, -0.25) is 0 Å². The number of hydrogen-bond acceptors (Lipinski definition) is 1. The zero-order chi connectivity index (χ0) is 12.4. The van der Waals surface area contributed by atoms with Gasteiger partial charge in [0, 0.05) is 0 Å². The van der Waals surface area contributed by atoms with Crippen molar-refractivity contribution in [3.8, 4) is 16.9 Å². The third kappa shape index (κ3) is 2.19. The predicted octanol–water partition coefficient (Wildman–Crippen LogP) is 4.29. The fourth-order valence-corrected chi connectivity index (χ4v) is 2.15. The molecule has 0 bridgehead atoms. The summed E-state index contributed by atoms with van der Waals surface area (Å²) in [6.45, 7) is 6.50. The molecule has 0 heterocycles. The lowest BCUT2D eigenvalue weighted by molar-refractivity contribution is 0.415. The predicted molar refractivity (Wildman–Crippen MR) is 72.6 cm³/mol. The first-order chi connectivity index (χ1) is 8.13. The van der Waals surface area contributed by atoms with Gasteiger partial charge in [0.15, 0.2) is 0 Å². The summed E-state index contributed by atoms with van der Waals surface area (Å²) in [6.07, 6.45) is 0. The zero-order valence-electron chi connectivity index (χ0n) is 10.9. The molecule has 0 saturated carbocycles. The summed E-state index contributed by atoms with van der Waals surface area (Å²) in [4.78, 5) is 0. The molecule has 0 atom stereocenters. The Balaban J connectivity index is 2.55. The molecule has 0 unspecified atom stereocenters. The first-order valence-corrected chi connectivity index (χ1v) is 5.84. The molecular weight excluding hydrogens is 208 g/mol. The van der Waals surface area contributed by atoms with Crippen molar-refractivity contribution in [2.24, 2.45) is 0 Å². The van der Waals surface area contributed by atoms with Crippen LogP contribution in [0.1, 0.15) is 16.7 Å². The quantitative estimate of drug-likeness (QED) is 0.742. The topological polar surface area (TPSA) is 9.23 Å². The van der Waals surface area contributed by atoms with Crippen LogP contribution in [0.2, 0.25) is 0 Å². The van der Waals surface area contributed by atoms with Gasteiger partial charge in [0.25, 0.3) is 0 Å². The minimum atomic E-state index is 0.900. The highest BCUT2D eigenvalue weighted by molar-refractivity contribution is 5.72. The van der Waals surface area contributed by atoms with Crippen LogP contribution in [-0.2, 0) is 0 Å². The average Bonchev–Trinajstić information content (AvgIpc) is 2.35. The molecular formula is C16H18O. The smallest absolute Gasteiger partial charge is 0.118 e. The van der Waals surface area contributed by atoms with Crippen LogP contribution in [-0.4, -0.2) is 7.11 Å². The zero-order valence-corrected chi connectivity index (χ0v) is 10.9. The van der Waals surface area contributed by atoms with E-state index in [9.17, 15) is 0 Å². The number of benzene rings is 2. The summed E-state index contributed by atoms with van der Waals surface area (Å²) in [5.74, 6) is 0.900. The summed E-state index contributed by atoms with van der Waals surface area (Å²) < 4.78 is 5.19. The molecule has 17 heavy (non-hydrogen) atoms. The van der Waals surface area contributed by atoms with Crippen LogP contribution in [0.5, 0.6) is 5.75 Å². The van der Waals surface area contributed by atoms with E-state index in [-0.39, 0.29) is 0 Å². The molecule has 0 aliphatic heterocycles. The van der Waals surface area contributed by atoms with Gasteiger partial charge in [-0.25, -0.2) is 0 Å². The Morgan fingerprint density at radius 1 is 0.765 bits per heavy atom. The SMILES string of the molecule is COc1ccc(-c2c(C)ccc(C)c2C)cc1. The van der Waals surface area contributed by atoms with Crippen molar-refractivity contribution >= 4 is 0 Å². The van der Waals surface area contributed by atoms with Crippen molar-refractivity contribution in [3.05, 3.63) is 53.1 Å². The largest absolute Gasteiger partial charge is 0.497 e. The number of aryl methyl sites for hydroxylation is 2. The Bertz CT molecular complexity index is 524. The molecule has 0 aliphatic rings. The van der Waals surface area contributed by atoms with Gasteiger partial charge in [-0.1, -0.05) is 24.3 Å². The van der Waals surface area contributed by atoms with Gasteiger partial charge in [0.05, 0.1) is 7.11 Å².